The minimum absolute atomic E-state index is 0.126. The zero-order valence-electron chi connectivity index (χ0n) is 18.6. The first-order valence-corrected chi connectivity index (χ1v) is 13.3. The van der Waals surface area contributed by atoms with Gasteiger partial charge in [-0.15, -0.1) is 11.3 Å². The number of halogens is 1. The minimum Gasteiger partial charge on any atom is -0.339 e. The van der Waals surface area contributed by atoms with Crippen LogP contribution in [0, 0.1) is 19.8 Å². The van der Waals surface area contributed by atoms with Crippen LogP contribution in [0.3, 0.4) is 0 Å². The molecule has 11 heteroatoms. The Morgan fingerprint density at radius 1 is 1.33 bits per heavy atom. The molecule has 1 saturated heterocycles. The minimum atomic E-state index is -3.77. The van der Waals surface area contributed by atoms with E-state index in [0.29, 0.717) is 58.0 Å². The van der Waals surface area contributed by atoms with Crippen molar-refractivity contribution >= 4 is 44.6 Å². The summed E-state index contributed by atoms with van der Waals surface area (Å²) in [5, 5.41) is 7.38. The molecule has 1 aliphatic heterocycles. The van der Waals surface area contributed by atoms with Crippen molar-refractivity contribution in [2.75, 3.05) is 18.4 Å². The molecule has 176 valence electrons. The summed E-state index contributed by atoms with van der Waals surface area (Å²) in [6, 6.07) is 6.91. The van der Waals surface area contributed by atoms with Gasteiger partial charge in [-0.1, -0.05) is 29.7 Å². The third kappa shape index (κ3) is 4.98. The quantitative estimate of drug-likeness (QED) is 0.518. The van der Waals surface area contributed by atoms with E-state index < -0.39 is 15.9 Å². The van der Waals surface area contributed by atoms with Crippen LogP contribution in [0.1, 0.15) is 36.1 Å². The van der Waals surface area contributed by atoms with Crippen LogP contribution in [0.15, 0.2) is 33.7 Å². The summed E-state index contributed by atoms with van der Waals surface area (Å²) in [6.45, 7) is 6.05. The predicted octanol–water partition coefficient (Wildman–Crippen LogP) is 4.67. The van der Waals surface area contributed by atoms with E-state index in [1.807, 2.05) is 19.9 Å². The lowest BCUT2D eigenvalue weighted by molar-refractivity contribution is -0.120. The maximum Gasteiger partial charge on any atom is 0.244 e. The van der Waals surface area contributed by atoms with Crippen LogP contribution in [-0.4, -0.2) is 41.9 Å². The van der Waals surface area contributed by atoms with Gasteiger partial charge in [-0.2, -0.15) is 9.29 Å². The van der Waals surface area contributed by atoms with Gasteiger partial charge in [0.05, 0.1) is 15.7 Å². The van der Waals surface area contributed by atoms with Crippen molar-refractivity contribution in [2.24, 2.45) is 5.92 Å². The molecule has 1 amide bonds. The van der Waals surface area contributed by atoms with Gasteiger partial charge in [0.1, 0.15) is 0 Å². The first-order chi connectivity index (χ1) is 15.7. The number of piperidine rings is 1. The number of hydrogen-bond acceptors (Lipinski definition) is 7. The monoisotopic (exact) mass is 508 g/mol. The average molecular weight is 509 g/mol. The van der Waals surface area contributed by atoms with E-state index >= 15 is 0 Å². The zero-order valence-corrected chi connectivity index (χ0v) is 21.0. The Morgan fingerprint density at radius 2 is 2.12 bits per heavy atom. The Labute approximate surface area is 202 Å². The number of anilines is 1. The summed E-state index contributed by atoms with van der Waals surface area (Å²) in [5.41, 5.74) is 1.52. The second kappa shape index (κ2) is 9.54. The third-order valence-corrected chi connectivity index (χ3v) is 9.25. The highest BCUT2D eigenvalue weighted by Crippen LogP contribution is 2.35. The Morgan fingerprint density at radius 3 is 2.82 bits per heavy atom. The summed E-state index contributed by atoms with van der Waals surface area (Å²) in [7, 11) is -3.77. The number of benzene rings is 1. The molecule has 1 atom stereocenters. The highest BCUT2D eigenvalue weighted by molar-refractivity contribution is 7.89. The molecule has 1 N–H and O–H groups in total. The number of aromatic nitrogens is 2. The molecule has 0 unspecified atom stereocenters. The number of sulfonamides is 1. The van der Waals surface area contributed by atoms with Crippen molar-refractivity contribution < 1.29 is 17.7 Å². The molecule has 0 bridgehead atoms. The molecule has 0 saturated carbocycles. The van der Waals surface area contributed by atoms with Crippen LogP contribution in [0.5, 0.6) is 0 Å². The van der Waals surface area contributed by atoms with Gasteiger partial charge in [-0.3, -0.25) is 4.79 Å². The summed E-state index contributed by atoms with van der Waals surface area (Å²) in [5.74, 6) is 0.224. The topological polar surface area (TPSA) is 105 Å². The molecule has 1 aromatic carbocycles. The largest absolute Gasteiger partial charge is 0.339 e. The van der Waals surface area contributed by atoms with E-state index in [0.717, 1.165) is 5.56 Å². The molecule has 2 aromatic heterocycles. The summed E-state index contributed by atoms with van der Waals surface area (Å²) >= 11 is 7.46. The number of hydrogen-bond donors (Lipinski definition) is 1. The number of aryl methyl sites for hydroxylation is 3. The van der Waals surface area contributed by atoms with E-state index in [9.17, 15) is 13.2 Å². The smallest absolute Gasteiger partial charge is 0.244 e. The Hall–Kier alpha value is -2.27. The van der Waals surface area contributed by atoms with Gasteiger partial charge in [0.25, 0.3) is 0 Å². The highest BCUT2D eigenvalue weighted by Gasteiger charge is 2.35. The molecule has 3 aromatic rings. The van der Waals surface area contributed by atoms with Gasteiger partial charge in [0.15, 0.2) is 0 Å². The van der Waals surface area contributed by atoms with Crippen molar-refractivity contribution in [3.63, 3.8) is 0 Å². The summed E-state index contributed by atoms with van der Waals surface area (Å²) in [6.07, 6.45) is 1.83. The second-order valence-electron chi connectivity index (χ2n) is 8.05. The number of nitrogens with one attached hydrogen (secondary N) is 1. The Bertz CT molecular complexity index is 1290. The van der Waals surface area contributed by atoms with Crippen LogP contribution in [0.4, 0.5) is 5.69 Å². The van der Waals surface area contributed by atoms with E-state index in [4.69, 9.17) is 16.1 Å². The van der Waals surface area contributed by atoms with Gasteiger partial charge < -0.3 is 9.84 Å². The van der Waals surface area contributed by atoms with Gasteiger partial charge in [0, 0.05) is 35.1 Å². The Balaban J connectivity index is 1.51. The zero-order chi connectivity index (χ0) is 23.8. The highest BCUT2D eigenvalue weighted by atomic mass is 35.5. The van der Waals surface area contributed by atoms with Crippen molar-refractivity contribution in [1.82, 2.24) is 14.4 Å². The Kier molecular flexibility index (Phi) is 6.90. The fraction of sp³-hybridized carbons (Fsp3) is 0.409. The first kappa shape index (κ1) is 23.9. The summed E-state index contributed by atoms with van der Waals surface area (Å²) in [4.78, 5) is 18.7. The first-order valence-electron chi connectivity index (χ1n) is 10.7. The SMILES string of the molecule is CCc1nc(-c2cc(S(=O)(=O)N3CCC[C@@H](C(=O)Nc4ccc(C)c(Cl)c4)C3)c(C)s2)no1. The number of carbonyl (C=O) groups is 1. The van der Waals surface area contributed by atoms with E-state index in [-0.39, 0.29) is 17.3 Å². The summed E-state index contributed by atoms with van der Waals surface area (Å²) < 4.78 is 33.4. The van der Waals surface area contributed by atoms with Gasteiger partial charge in [0.2, 0.25) is 27.6 Å². The molecule has 33 heavy (non-hydrogen) atoms. The molecule has 4 rings (SSSR count). The number of amides is 1. The van der Waals surface area contributed by atoms with Crippen molar-refractivity contribution in [3.8, 4) is 10.7 Å². The molecule has 1 aliphatic rings. The molecule has 3 heterocycles. The lowest BCUT2D eigenvalue weighted by atomic mass is 9.98. The van der Waals surface area contributed by atoms with E-state index in [1.165, 1.54) is 15.6 Å². The van der Waals surface area contributed by atoms with Crippen LogP contribution in [0.25, 0.3) is 10.7 Å². The standard InChI is InChI=1S/C22H25ClN4O4S2/c1-4-20-25-21(26-31-20)18-11-19(14(3)32-18)33(29,30)27-9-5-6-15(12-27)22(28)24-16-8-7-13(2)17(23)10-16/h7-8,10-11,15H,4-6,9,12H2,1-3H3,(H,24,28)/t15-/m1/s1. The third-order valence-electron chi connectivity index (χ3n) is 5.68. The number of nitrogens with zero attached hydrogens (tertiary/aromatic N) is 3. The van der Waals surface area contributed by atoms with Crippen LogP contribution < -0.4 is 5.32 Å². The lowest BCUT2D eigenvalue weighted by Gasteiger charge is -2.31. The fourth-order valence-electron chi connectivity index (χ4n) is 3.76. The predicted molar refractivity (Wildman–Crippen MR) is 128 cm³/mol. The molecular formula is C22H25ClN4O4S2. The van der Waals surface area contributed by atoms with E-state index in [1.54, 1.807) is 25.1 Å². The molecule has 0 spiro atoms. The lowest BCUT2D eigenvalue weighted by Crippen LogP contribution is -2.43. The van der Waals surface area contributed by atoms with Gasteiger partial charge in [-0.25, -0.2) is 8.42 Å². The number of thiophene rings is 1. The second-order valence-corrected chi connectivity index (χ2v) is 11.6. The average Bonchev–Trinajstić information content (AvgIpc) is 3.43. The molecule has 1 fully saturated rings. The normalized spacial score (nSPS) is 17.3. The fourth-order valence-corrected chi connectivity index (χ4v) is 6.95. The molecular weight excluding hydrogens is 484 g/mol. The van der Waals surface area contributed by atoms with Crippen LogP contribution in [-0.2, 0) is 21.2 Å². The van der Waals surface area contributed by atoms with Crippen molar-refractivity contribution in [3.05, 3.63) is 45.6 Å². The molecule has 8 nitrogen and oxygen atoms in total. The maximum atomic E-state index is 13.4. The van der Waals surface area contributed by atoms with Crippen LogP contribution in [0.2, 0.25) is 5.02 Å². The number of rotatable bonds is 6. The molecule has 0 radical (unpaired) electrons. The van der Waals surface area contributed by atoms with Crippen LogP contribution >= 0.6 is 22.9 Å². The molecule has 0 aliphatic carbocycles. The van der Waals surface area contributed by atoms with Crippen molar-refractivity contribution in [2.45, 2.75) is 44.9 Å². The van der Waals surface area contributed by atoms with E-state index in [2.05, 4.69) is 15.5 Å². The number of carbonyl (C=O) groups excluding carboxylic acids is 1. The van der Waals surface area contributed by atoms with Gasteiger partial charge >= 0.3 is 0 Å². The van der Waals surface area contributed by atoms with Crippen molar-refractivity contribution in [1.29, 1.82) is 0 Å². The maximum absolute atomic E-state index is 13.4. The van der Waals surface area contributed by atoms with Gasteiger partial charge in [-0.05, 0) is 50.5 Å².